The van der Waals surface area contributed by atoms with E-state index in [2.05, 4.69) is 12.2 Å². The van der Waals surface area contributed by atoms with Gasteiger partial charge in [0.05, 0.1) is 11.8 Å². The highest BCUT2D eigenvalue weighted by Crippen LogP contribution is 2.34. The number of carboxylic acids is 1. The molecule has 2 rings (SSSR count). The van der Waals surface area contributed by atoms with Crippen LogP contribution in [0.1, 0.15) is 45.4 Å². The van der Waals surface area contributed by atoms with Crippen LogP contribution in [0.4, 0.5) is 0 Å². The summed E-state index contributed by atoms with van der Waals surface area (Å²) in [6, 6.07) is 0.291. The van der Waals surface area contributed by atoms with Gasteiger partial charge in [-0.3, -0.25) is 9.59 Å². The molecule has 2 N–H and O–H groups in total. The van der Waals surface area contributed by atoms with Crippen molar-refractivity contribution < 1.29 is 14.7 Å². The molecule has 0 aromatic rings. The fourth-order valence-electron chi connectivity index (χ4n) is 3.60. The Labute approximate surface area is 120 Å². The molecule has 2 aliphatic rings. The molecule has 0 bridgehead atoms. The van der Waals surface area contributed by atoms with Gasteiger partial charge in [-0.25, -0.2) is 0 Å². The Hall–Kier alpha value is -1.10. The maximum absolute atomic E-state index is 12.8. The van der Waals surface area contributed by atoms with Gasteiger partial charge in [-0.15, -0.1) is 0 Å². The zero-order chi connectivity index (χ0) is 14.5. The number of piperidine rings is 1. The van der Waals surface area contributed by atoms with E-state index in [-0.39, 0.29) is 11.8 Å². The third kappa shape index (κ3) is 3.32. The van der Waals surface area contributed by atoms with Gasteiger partial charge in [0.15, 0.2) is 0 Å². The quantitative estimate of drug-likeness (QED) is 0.801. The van der Waals surface area contributed by atoms with E-state index in [9.17, 15) is 14.7 Å². The molecule has 0 aromatic carbocycles. The Bertz CT molecular complexity index is 353. The van der Waals surface area contributed by atoms with E-state index < -0.39 is 11.9 Å². The van der Waals surface area contributed by atoms with Crippen molar-refractivity contribution in [2.75, 3.05) is 19.6 Å². The van der Waals surface area contributed by atoms with Crippen LogP contribution in [0, 0.1) is 11.8 Å². The van der Waals surface area contributed by atoms with Crippen LogP contribution in [0.3, 0.4) is 0 Å². The highest BCUT2D eigenvalue weighted by atomic mass is 16.4. The number of rotatable bonds is 5. The van der Waals surface area contributed by atoms with Gasteiger partial charge in [0.25, 0.3) is 0 Å². The van der Waals surface area contributed by atoms with Gasteiger partial charge in [-0.2, -0.15) is 0 Å². The molecule has 1 aliphatic heterocycles. The third-order valence-corrected chi connectivity index (χ3v) is 4.65. The number of carbonyl (C=O) groups excluding carboxylic acids is 1. The zero-order valence-corrected chi connectivity index (χ0v) is 12.3. The molecule has 1 aliphatic carbocycles. The van der Waals surface area contributed by atoms with E-state index in [0.29, 0.717) is 12.5 Å². The first-order chi connectivity index (χ1) is 9.65. The van der Waals surface area contributed by atoms with Gasteiger partial charge in [0, 0.05) is 12.6 Å². The van der Waals surface area contributed by atoms with Crippen molar-refractivity contribution in [2.45, 2.75) is 51.5 Å². The third-order valence-electron chi connectivity index (χ3n) is 4.65. The van der Waals surface area contributed by atoms with E-state index in [0.717, 1.165) is 51.7 Å². The van der Waals surface area contributed by atoms with Gasteiger partial charge in [-0.1, -0.05) is 13.3 Å². The zero-order valence-electron chi connectivity index (χ0n) is 12.3. The average molecular weight is 282 g/mol. The molecule has 5 nitrogen and oxygen atoms in total. The summed E-state index contributed by atoms with van der Waals surface area (Å²) in [6.45, 7) is 4.73. The Morgan fingerprint density at radius 2 is 1.80 bits per heavy atom. The van der Waals surface area contributed by atoms with Crippen LogP contribution in [0.5, 0.6) is 0 Å². The van der Waals surface area contributed by atoms with Gasteiger partial charge in [0.2, 0.25) is 5.91 Å². The second-order valence-electron chi connectivity index (χ2n) is 5.99. The van der Waals surface area contributed by atoms with Crippen LogP contribution in [0.15, 0.2) is 0 Å². The minimum absolute atomic E-state index is 0.0867. The number of hydrogen-bond acceptors (Lipinski definition) is 3. The predicted molar refractivity (Wildman–Crippen MR) is 76.4 cm³/mol. The molecular weight excluding hydrogens is 256 g/mol. The minimum atomic E-state index is -0.803. The van der Waals surface area contributed by atoms with Crippen molar-refractivity contribution in [3.8, 4) is 0 Å². The van der Waals surface area contributed by atoms with Crippen LogP contribution in [-0.4, -0.2) is 47.6 Å². The highest BCUT2D eigenvalue weighted by molar-refractivity contribution is 5.85. The molecule has 1 saturated carbocycles. The van der Waals surface area contributed by atoms with E-state index >= 15 is 0 Å². The molecular formula is C15H26N2O3. The fourth-order valence-corrected chi connectivity index (χ4v) is 3.60. The lowest BCUT2D eigenvalue weighted by molar-refractivity contribution is -0.150. The second kappa shape index (κ2) is 7.07. The summed E-state index contributed by atoms with van der Waals surface area (Å²) in [7, 11) is 0. The monoisotopic (exact) mass is 282 g/mol. The largest absolute Gasteiger partial charge is 0.481 e. The predicted octanol–water partition coefficient (Wildman–Crippen LogP) is 1.48. The normalized spacial score (nSPS) is 27.4. The Balaban J connectivity index is 2.07. The van der Waals surface area contributed by atoms with Crippen molar-refractivity contribution in [3.63, 3.8) is 0 Å². The van der Waals surface area contributed by atoms with E-state index in [1.54, 1.807) is 0 Å². The molecule has 5 heteroatoms. The number of carboxylic acid groups (broad SMARTS) is 1. The topological polar surface area (TPSA) is 69.6 Å². The van der Waals surface area contributed by atoms with Crippen LogP contribution < -0.4 is 5.32 Å². The second-order valence-corrected chi connectivity index (χ2v) is 5.99. The van der Waals surface area contributed by atoms with E-state index in [4.69, 9.17) is 0 Å². The molecule has 0 radical (unpaired) electrons. The summed E-state index contributed by atoms with van der Waals surface area (Å²) in [4.78, 5) is 26.1. The number of nitrogens with zero attached hydrogens (tertiary/aromatic N) is 1. The lowest BCUT2D eigenvalue weighted by Crippen LogP contribution is -2.49. The van der Waals surface area contributed by atoms with Gasteiger partial charge in [0.1, 0.15) is 0 Å². The summed E-state index contributed by atoms with van der Waals surface area (Å²) in [5.41, 5.74) is 0. The van der Waals surface area contributed by atoms with Gasteiger partial charge in [-0.05, 0) is 45.2 Å². The smallest absolute Gasteiger partial charge is 0.307 e. The van der Waals surface area contributed by atoms with Gasteiger partial charge >= 0.3 is 5.97 Å². The molecule has 1 amide bonds. The fraction of sp³-hybridized carbons (Fsp3) is 0.867. The van der Waals surface area contributed by atoms with Gasteiger partial charge < -0.3 is 15.3 Å². The van der Waals surface area contributed by atoms with Crippen LogP contribution in [0.2, 0.25) is 0 Å². The number of aliphatic carboxylic acids is 1. The summed E-state index contributed by atoms with van der Waals surface area (Å²) in [5.74, 6) is -1.48. The first-order valence-corrected chi connectivity index (χ1v) is 7.89. The molecule has 1 heterocycles. The summed E-state index contributed by atoms with van der Waals surface area (Å²) < 4.78 is 0. The summed E-state index contributed by atoms with van der Waals surface area (Å²) in [6.07, 6.45) is 5.14. The molecule has 2 atom stereocenters. The average Bonchev–Trinajstić information content (AvgIpc) is 2.94. The lowest BCUT2D eigenvalue weighted by Gasteiger charge is -2.36. The van der Waals surface area contributed by atoms with Crippen molar-refractivity contribution >= 4 is 11.9 Å². The molecule has 0 spiro atoms. The van der Waals surface area contributed by atoms with Crippen molar-refractivity contribution in [2.24, 2.45) is 11.8 Å². The van der Waals surface area contributed by atoms with E-state index in [1.807, 2.05) is 4.90 Å². The Kier molecular flexibility index (Phi) is 5.40. The Morgan fingerprint density at radius 3 is 2.40 bits per heavy atom. The molecule has 114 valence electrons. The number of amides is 1. The highest BCUT2D eigenvalue weighted by Gasteiger charge is 2.41. The molecule has 20 heavy (non-hydrogen) atoms. The molecule has 0 aromatic heterocycles. The van der Waals surface area contributed by atoms with Crippen LogP contribution >= 0.6 is 0 Å². The van der Waals surface area contributed by atoms with Crippen molar-refractivity contribution in [3.05, 3.63) is 0 Å². The SMILES string of the molecule is CCCN(C(=O)[C@@H]1CCC[C@@H]1C(=O)O)C1CCNCC1. The van der Waals surface area contributed by atoms with Crippen LogP contribution in [-0.2, 0) is 9.59 Å². The standard InChI is InChI=1S/C15H26N2O3/c1-2-10-17(11-6-8-16-9-7-11)14(18)12-4-3-5-13(12)15(19)20/h11-13,16H,2-10H2,1H3,(H,19,20)/t12-,13+/m1/s1. The molecule has 0 unspecified atom stereocenters. The number of nitrogens with one attached hydrogen (secondary N) is 1. The van der Waals surface area contributed by atoms with Crippen molar-refractivity contribution in [1.82, 2.24) is 10.2 Å². The Morgan fingerprint density at radius 1 is 1.15 bits per heavy atom. The minimum Gasteiger partial charge on any atom is -0.481 e. The van der Waals surface area contributed by atoms with Crippen LogP contribution in [0.25, 0.3) is 0 Å². The summed E-state index contributed by atoms with van der Waals surface area (Å²) >= 11 is 0. The van der Waals surface area contributed by atoms with E-state index in [1.165, 1.54) is 0 Å². The maximum Gasteiger partial charge on any atom is 0.307 e. The first kappa shape index (κ1) is 15.3. The number of carbonyl (C=O) groups is 2. The molecule has 2 fully saturated rings. The first-order valence-electron chi connectivity index (χ1n) is 7.89. The summed E-state index contributed by atoms with van der Waals surface area (Å²) in [5, 5.41) is 12.6. The van der Waals surface area contributed by atoms with Crippen molar-refractivity contribution in [1.29, 1.82) is 0 Å². The molecule has 1 saturated heterocycles. The lowest BCUT2D eigenvalue weighted by atomic mass is 9.93. The maximum atomic E-state index is 12.8. The number of hydrogen-bond donors (Lipinski definition) is 2.